The van der Waals surface area contributed by atoms with E-state index in [9.17, 15) is 9.59 Å². The second-order valence-corrected chi connectivity index (χ2v) is 5.48. The largest absolute Gasteiger partial charge is 0.388 e. The molecule has 1 atom stereocenters. The van der Waals surface area contributed by atoms with Crippen molar-refractivity contribution in [3.8, 4) is 0 Å². The summed E-state index contributed by atoms with van der Waals surface area (Å²) in [5.41, 5.74) is 8.20. The molecule has 6 heteroatoms. The number of rotatable bonds is 4. The highest BCUT2D eigenvalue weighted by Crippen LogP contribution is 2.13. The zero-order valence-corrected chi connectivity index (χ0v) is 13.7. The zero-order valence-electron chi connectivity index (χ0n) is 13.7. The van der Waals surface area contributed by atoms with E-state index in [4.69, 9.17) is 5.73 Å². The van der Waals surface area contributed by atoms with Crippen molar-refractivity contribution in [2.24, 2.45) is 5.73 Å². The topological polar surface area (TPSA) is 101 Å². The highest BCUT2D eigenvalue weighted by atomic mass is 16.1. The normalized spacial score (nSPS) is 14.3. The number of anilines is 1. The van der Waals surface area contributed by atoms with Crippen molar-refractivity contribution >= 4 is 22.9 Å². The fourth-order valence-electron chi connectivity index (χ4n) is 2.36. The van der Waals surface area contributed by atoms with Crippen molar-refractivity contribution in [1.29, 1.82) is 0 Å². The van der Waals surface area contributed by atoms with Gasteiger partial charge in [-0.15, -0.1) is 0 Å². The first kappa shape index (κ1) is 17.6. The lowest BCUT2D eigenvalue weighted by Gasteiger charge is -2.07. The summed E-state index contributed by atoms with van der Waals surface area (Å²) in [4.78, 5) is 28.0. The third-order valence-electron chi connectivity index (χ3n) is 3.65. The maximum absolute atomic E-state index is 11.3. The summed E-state index contributed by atoms with van der Waals surface area (Å²) in [7, 11) is 1.83. The van der Waals surface area contributed by atoms with E-state index < -0.39 is 0 Å². The molecule has 2 aromatic rings. The minimum absolute atomic E-state index is 0.104. The molecule has 0 saturated heterocycles. The van der Waals surface area contributed by atoms with Gasteiger partial charge < -0.3 is 20.8 Å². The number of nitrogens with one attached hydrogen (secondary N) is 2. The number of nitrogens with two attached hydrogens (primary N) is 1. The van der Waals surface area contributed by atoms with Crippen molar-refractivity contribution < 1.29 is 4.79 Å². The molecule has 1 aromatic carbocycles. The monoisotopic (exact) mass is 326 g/mol. The number of aldehydes is 1. The standard InChI is InChI=1S/C9H9N3O.C9H13NO/c1-10-6-2-3-7-8(4-6)11-5-12-9(7)13;10-9(7-11)6-8-4-2-1-3-5-8/h2-5,10H,1H3,(H,11,12,13);2,4-5,7,9H,1,3,6,10H2. The molecule has 0 amide bonds. The predicted octanol–water partition coefficient (Wildman–Crippen LogP) is 2.14. The molecule has 1 aromatic heterocycles. The number of benzene rings is 1. The van der Waals surface area contributed by atoms with Gasteiger partial charge in [0.05, 0.1) is 23.3 Å². The average Bonchev–Trinajstić information content (AvgIpc) is 2.63. The molecule has 4 N–H and O–H groups in total. The highest BCUT2D eigenvalue weighted by molar-refractivity contribution is 5.80. The van der Waals surface area contributed by atoms with Gasteiger partial charge in [-0.05, 0) is 37.5 Å². The zero-order chi connectivity index (χ0) is 17.4. The summed E-state index contributed by atoms with van der Waals surface area (Å²) in [6.45, 7) is 0. The molecule has 0 fully saturated rings. The highest BCUT2D eigenvalue weighted by Gasteiger charge is 2.03. The molecule has 0 saturated carbocycles. The minimum atomic E-state index is -0.330. The summed E-state index contributed by atoms with van der Waals surface area (Å²) in [5.74, 6) is 0. The van der Waals surface area contributed by atoms with Gasteiger partial charge in [0.1, 0.15) is 6.29 Å². The molecule has 0 radical (unpaired) electrons. The molecule has 0 bridgehead atoms. The fourth-order valence-corrected chi connectivity index (χ4v) is 2.36. The van der Waals surface area contributed by atoms with Crippen LogP contribution < -0.4 is 16.6 Å². The summed E-state index contributed by atoms with van der Waals surface area (Å²) in [6.07, 6.45) is 11.4. The third kappa shape index (κ3) is 4.89. The number of hydrogen-bond acceptors (Lipinski definition) is 5. The lowest BCUT2D eigenvalue weighted by atomic mass is 10.0. The van der Waals surface area contributed by atoms with Gasteiger partial charge in [0.2, 0.25) is 0 Å². The molecular formula is C18H22N4O2. The van der Waals surface area contributed by atoms with Gasteiger partial charge in [-0.3, -0.25) is 4.79 Å². The van der Waals surface area contributed by atoms with Gasteiger partial charge in [-0.25, -0.2) is 4.98 Å². The molecule has 1 aliphatic carbocycles. The summed E-state index contributed by atoms with van der Waals surface area (Å²) >= 11 is 0. The van der Waals surface area contributed by atoms with Crippen molar-refractivity contribution in [1.82, 2.24) is 9.97 Å². The summed E-state index contributed by atoms with van der Waals surface area (Å²) in [6, 6.07) is 5.11. The Balaban J connectivity index is 0.000000177. The smallest absolute Gasteiger partial charge is 0.258 e. The Bertz CT molecular complexity index is 808. The van der Waals surface area contributed by atoms with E-state index >= 15 is 0 Å². The quantitative estimate of drug-likeness (QED) is 0.747. The van der Waals surface area contributed by atoms with Crippen molar-refractivity contribution in [2.75, 3.05) is 12.4 Å². The second kappa shape index (κ2) is 8.79. The Morgan fingerprint density at radius 3 is 2.92 bits per heavy atom. The lowest BCUT2D eigenvalue weighted by Crippen LogP contribution is -2.21. The number of carbonyl (C=O) groups excluding carboxylic acids is 1. The molecule has 0 spiro atoms. The van der Waals surface area contributed by atoms with Crippen LogP contribution in [0.15, 0.2) is 53.1 Å². The maximum atomic E-state index is 11.3. The van der Waals surface area contributed by atoms with E-state index in [0.717, 1.165) is 24.8 Å². The number of aromatic amines is 1. The van der Waals surface area contributed by atoms with Gasteiger partial charge in [-0.2, -0.15) is 0 Å². The van der Waals surface area contributed by atoms with Crippen molar-refractivity contribution in [3.63, 3.8) is 0 Å². The molecule has 24 heavy (non-hydrogen) atoms. The number of H-pyrrole nitrogens is 1. The minimum Gasteiger partial charge on any atom is -0.388 e. The number of carbonyl (C=O) groups is 1. The van der Waals surface area contributed by atoms with E-state index in [1.54, 1.807) is 6.07 Å². The van der Waals surface area contributed by atoms with Crippen molar-refractivity contribution in [2.45, 2.75) is 25.3 Å². The molecule has 0 aliphatic heterocycles. The maximum Gasteiger partial charge on any atom is 0.258 e. The van der Waals surface area contributed by atoms with Gasteiger partial charge in [0, 0.05) is 12.7 Å². The SMILES string of the molecule is CNc1ccc2c(=O)[nH]cnc2c1.NC(C=O)CC1=CCCC=C1. The Morgan fingerprint density at radius 2 is 2.25 bits per heavy atom. The number of hydrogen-bond donors (Lipinski definition) is 3. The Kier molecular flexibility index (Phi) is 6.45. The van der Waals surface area contributed by atoms with E-state index in [-0.39, 0.29) is 11.6 Å². The number of allylic oxidation sites excluding steroid dienone is 3. The van der Waals surface area contributed by atoms with Gasteiger partial charge in [-0.1, -0.05) is 23.8 Å². The summed E-state index contributed by atoms with van der Waals surface area (Å²) < 4.78 is 0. The fraction of sp³-hybridized carbons (Fsp3) is 0.278. The first-order valence-corrected chi connectivity index (χ1v) is 7.85. The molecule has 126 valence electrons. The van der Waals surface area contributed by atoms with Gasteiger partial charge in [0.15, 0.2) is 0 Å². The predicted molar refractivity (Wildman–Crippen MR) is 97.0 cm³/mol. The van der Waals surface area contributed by atoms with Crippen LogP contribution in [0.4, 0.5) is 5.69 Å². The van der Waals surface area contributed by atoms with Crippen LogP contribution in [0.25, 0.3) is 10.9 Å². The number of nitrogens with zero attached hydrogens (tertiary/aromatic N) is 1. The van der Waals surface area contributed by atoms with Crippen molar-refractivity contribution in [3.05, 3.63) is 58.7 Å². The third-order valence-corrected chi connectivity index (χ3v) is 3.65. The van der Waals surface area contributed by atoms with E-state index in [1.807, 2.05) is 25.3 Å². The van der Waals surface area contributed by atoms with Crippen LogP contribution in [-0.4, -0.2) is 29.3 Å². The molecule has 1 aliphatic rings. The van der Waals surface area contributed by atoms with Crippen LogP contribution in [0.1, 0.15) is 19.3 Å². The number of fused-ring (bicyclic) bond motifs is 1. The van der Waals surface area contributed by atoms with E-state index in [0.29, 0.717) is 17.3 Å². The molecule has 3 rings (SSSR count). The Hall–Kier alpha value is -2.73. The van der Waals surface area contributed by atoms with E-state index in [1.165, 1.54) is 11.9 Å². The molecule has 1 unspecified atom stereocenters. The Labute approximate surface area is 140 Å². The molecular weight excluding hydrogens is 304 g/mol. The molecule has 6 nitrogen and oxygen atoms in total. The lowest BCUT2D eigenvalue weighted by molar-refractivity contribution is -0.108. The number of aromatic nitrogens is 2. The van der Waals surface area contributed by atoms with Crippen LogP contribution >= 0.6 is 0 Å². The Morgan fingerprint density at radius 1 is 1.42 bits per heavy atom. The van der Waals surface area contributed by atoms with Crippen LogP contribution in [0.2, 0.25) is 0 Å². The first-order chi connectivity index (χ1) is 11.6. The van der Waals surface area contributed by atoms with Gasteiger partial charge >= 0.3 is 0 Å². The first-order valence-electron chi connectivity index (χ1n) is 7.85. The van der Waals surface area contributed by atoms with Crippen LogP contribution in [0.5, 0.6) is 0 Å². The second-order valence-electron chi connectivity index (χ2n) is 5.48. The average molecular weight is 326 g/mol. The van der Waals surface area contributed by atoms with Crippen LogP contribution in [0, 0.1) is 0 Å². The van der Waals surface area contributed by atoms with Crippen LogP contribution in [-0.2, 0) is 4.79 Å². The summed E-state index contributed by atoms with van der Waals surface area (Å²) in [5, 5.41) is 3.60. The van der Waals surface area contributed by atoms with E-state index in [2.05, 4.69) is 27.4 Å². The van der Waals surface area contributed by atoms with Crippen LogP contribution in [0.3, 0.4) is 0 Å². The molecule has 1 heterocycles. The van der Waals surface area contributed by atoms with Gasteiger partial charge in [0.25, 0.3) is 5.56 Å².